The van der Waals surface area contributed by atoms with Crippen LogP contribution in [0.3, 0.4) is 0 Å². The van der Waals surface area contributed by atoms with E-state index in [0.717, 1.165) is 10.2 Å². The van der Waals surface area contributed by atoms with Gasteiger partial charge in [0.05, 0.1) is 21.8 Å². The second-order valence-corrected chi connectivity index (χ2v) is 7.30. The third-order valence-corrected chi connectivity index (χ3v) is 4.77. The van der Waals surface area contributed by atoms with E-state index in [1.807, 2.05) is 24.3 Å². The van der Waals surface area contributed by atoms with E-state index in [2.05, 4.69) is 24.9 Å². The molecule has 0 aliphatic carbocycles. The number of carbonyl (C=O) groups is 1. The standard InChI is InChI=1S/C20H19N3O2S/c1-14(2)12-23(20-22-17-5-3-4-6-18(17)26-20)19(24)13-25-16-9-7-15(11-21)8-10-16/h3-10,14H,12-13H2,1-2H3. The minimum absolute atomic E-state index is 0.0749. The second-order valence-electron chi connectivity index (χ2n) is 6.29. The molecule has 5 nitrogen and oxygen atoms in total. The Morgan fingerprint density at radius 3 is 2.62 bits per heavy atom. The maximum absolute atomic E-state index is 12.8. The van der Waals surface area contributed by atoms with E-state index in [4.69, 9.17) is 10.00 Å². The van der Waals surface area contributed by atoms with Crippen molar-refractivity contribution < 1.29 is 9.53 Å². The number of para-hydroxylation sites is 1. The van der Waals surface area contributed by atoms with Gasteiger partial charge >= 0.3 is 0 Å². The highest BCUT2D eigenvalue weighted by atomic mass is 32.1. The Labute approximate surface area is 156 Å². The van der Waals surface area contributed by atoms with E-state index in [9.17, 15) is 4.79 Å². The van der Waals surface area contributed by atoms with E-state index in [-0.39, 0.29) is 12.5 Å². The quantitative estimate of drug-likeness (QED) is 0.655. The van der Waals surface area contributed by atoms with Gasteiger partial charge < -0.3 is 4.74 Å². The highest BCUT2D eigenvalue weighted by Gasteiger charge is 2.21. The van der Waals surface area contributed by atoms with Gasteiger partial charge in [0.1, 0.15) is 5.75 Å². The lowest BCUT2D eigenvalue weighted by atomic mass is 10.2. The van der Waals surface area contributed by atoms with E-state index < -0.39 is 0 Å². The number of aromatic nitrogens is 1. The summed E-state index contributed by atoms with van der Waals surface area (Å²) >= 11 is 1.50. The predicted octanol–water partition coefficient (Wildman–Crippen LogP) is 4.24. The van der Waals surface area contributed by atoms with Crippen LogP contribution in [0.25, 0.3) is 10.2 Å². The van der Waals surface area contributed by atoms with Gasteiger partial charge in [-0.15, -0.1) is 0 Å². The highest BCUT2D eigenvalue weighted by molar-refractivity contribution is 7.22. The van der Waals surface area contributed by atoms with Crippen molar-refractivity contribution in [3.8, 4) is 11.8 Å². The lowest BCUT2D eigenvalue weighted by Crippen LogP contribution is -2.37. The van der Waals surface area contributed by atoms with Crippen LogP contribution in [0.15, 0.2) is 48.5 Å². The van der Waals surface area contributed by atoms with Crippen molar-refractivity contribution in [1.82, 2.24) is 4.98 Å². The molecule has 0 bridgehead atoms. The van der Waals surface area contributed by atoms with E-state index >= 15 is 0 Å². The van der Waals surface area contributed by atoms with E-state index in [1.165, 1.54) is 11.3 Å². The number of nitriles is 1. The van der Waals surface area contributed by atoms with Crippen LogP contribution < -0.4 is 9.64 Å². The molecule has 0 fully saturated rings. The number of thiazole rings is 1. The fraction of sp³-hybridized carbons (Fsp3) is 0.250. The molecular formula is C20H19N3O2S. The lowest BCUT2D eigenvalue weighted by Gasteiger charge is -2.22. The number of anilines is 1. The van der Waals surface area contributed by atoms with Gasteiger partial charge in [-0.25, -0.2) is 4.98 Å². The Morgan fingerprint density at radius 1 is 1.23 bits per heavy atom. The fourth-order valence-electron chi connectivity index (χ4n) is 2.48. The first-order valence-electron chi connectivity index (χ1n) is 8.35. The summed E-state index contributed by atoms with van der Waals surface area (Å²) in [4.78, 5) is 19.1. The van der Waals surface area contributed by atoms with Crippen molar-refractivity contribution in [2.24, 2.45) is 5.92 Å². The van der Waals surface area contributed by atoms with Gasteiger partial charge in [-0.2, -0.15) is 5.26 Å². The average molecular weight is 365 g/mol. The number of amides is 1. The normalized spacial score (nSPS) is 10.7. The summed E-state index contributed by atoms with van der Waals surface area (Å²) < 4.78 is 6.65. The number of benzene rings is 2. The molecule has 1 heterocycles. The predicted molar refractivity (Wildman–Crippen MR) is 103 cm³/mol. The molecule has 0 saturated heterocycles. The molecule has 2 aromatic carbocycles. The summed E-state index contributed by atoms with van der Waals surface area (Å²) in [5.74, 6) is 0.731. The first-order valence-corrected chi connectivity index (χ1v) is 9.17. The number of hydrogen-bond donors (Lipinski definition) is 0. The SMILES string of the molecule is CC(C)CN(C(=O)COc1ccc(C#N)cc1)c1nc2ccccc2s1. The third kappa shape index (κ3) is 4.19. The smallest absolute Gasteiger partial charge is 0.266 e. The number of ether oxygens (including phenoxy) is 1. The van der Waals surface area contributed by atoms with Gasteiger partial charge in [0.15, 0.2) is 11.7 Å². The molecule has 0 unspecified atom stereocenters. The molecule has 3 rings (SSSR count). The van der Waals surface area contributed by atoms with Crippen molar-refractivity contribution in [2.45, 2.75) is 13.8 Å². The number of fused-ring (bicyclic) bond motifs is 1. The molecule has 0 saturated carbocycles. The summed E-state index contributed by atoms with van der Waals surface area (Å²) in [6, 6.07) is 16.6. The molecule has 132 valence electrons. The van der Waals surface area contributed by atoms with Gasteiger partial charge in [-0.05, 0) is 42.3 Å². The zero-order chi connectivity index (χ0) is 18.5. The molecule has 0 N–H and O–H groups in total. The third-order valence-electron chi connectivity index (χ3n) is 3.71. The molecule has 0 spiro atoms. The zero-order valence-corrected chi connectivity index (χ0v) is 15.5. The van der Waals surface area contributed by atoms with Crippen LogP contribution in [0, 0.1) is 17.2 Å². The monoisotopic (exact) mass is 365 g/mol. The van der Waals surface area contributed by atoms with Crippen molar-refractivity contribution in [2.75, 3.05) is 18.1 Å². The van der Waals surface area contributed by atoms with Crippen LogP contribution in [0.5, 0.6) is 5.75 Å². The second kappa shape index (κ2) is 7.98. The molecule has 1 amide bonds. The van der Waals surface area contributed by atoms with E-state index in [1.54, 1.807) is 29.2 Å². The minimum atomic E-state index is -0.137. The molecular weight excluding hydrogens is 346 g/mol. The Bertz CT molecular complexity index is 909. The lowest BCUT2D eigenvalue weighted by molar-refractivity contribution is -0.120. The Kier molecular flexibility index (Phi) is 5.49. The molecule has 3 aromatic rings. The number of carbonyl (C=O) groups excluding carboxylic acids is 1. The molecule has 0 aliphatic rings. The summed E-state index contributed by atoms with van der Waals surface area (Å²) in [6.45, 7) is 4.63. The molecule has 1 aromatic heterocycles. The van der Waals surface area contributed by atoms with Crippen LogP contribution in [0.4, 0.5) is 5.13 Å². The Morgan fingerprint density at radius 2 is 1.96 bits per heavy atom. The largest absolute Gasteiger partial charge is 0.484 e. The van der Waals surface area contributed by atoms with Gasteiger partial charge in [-0.1, -0.05) is 37.3 Å². The first-order chi connectivity index (χ1) is 12.6. The van der Waals surface area contributed by atoms with Crippen LogP contribution >= 0.6 is 11.3 Å². The molecule has 0 atom stereocenters. The van der Waals surface area contributed by atoms with Crippen molar-refractivity contribution in [1.29, 1.82) is 5.26 Å². The van der Waals surface area contributed by atoms with Crippen LogP contribution in [0.2, 0.25) is 0 Å². The molecule has 26 heavy (non-hydrogen) atoms. The first kappa shape index (κ1) is 17.9. The maximum atomic E-state index is 12.8. The Hall–Kier alpha value is -2.91. The van der Waals surface area contributed by atoms with Crippen molar-refractivity contribution >= 4 is 32.6 Å². The van der Waals surface area contributed by atoms with E-state index in [0.29, 0.717) is 28.9 Å². The maximum Gasteiger partial charge on any atom is 0.266 e. The molecule has 0 aliphatic heterocycles. The van der Waals surface area contributed by atoms with Gasteiger partial charge in [0, 0.05) is 6.54 Å². The summed E-state index contributed by atoms with van der Waals surface area (Å²) in [7, 11) is 0. The summed E-state index contributed by atoms with van der Waals surface area (Å²) in [5, 5.41) is 9.52. The number of nitrogens with zero attached hydrogens (tertiary/aromatic N) is 3. The van der Waals surface area contributed by atoms with Crippen LogP contribution in [-0.4, -0.2) is 24.0 Å². The minimum Gasteiger partial charge on any atom is -0.484 e. The summed E-state index contributed by atoms with van der Waals surface area (Å²) in [6.07, 6.45) is 0. The highest BCUT2D eigenvalue weighted by Crippen LogP contribution is 2.29. The number of rotatable bonds is 6. The average Bonchev–Trinajstić information content (AvgIpc) is 3.08. The fourth-order valence-corrected chi connectivity index (χ4v) is 3.47. The van der Waals surface area contributed by atoms with Gasteiger partial charge in [0.2, 0.25) is 0 Å². The topological polar surface area (TPSA) is 66.2 Å². The van der Waals surface area contributed by atoms with Crippen LogP contribution in [0.1, 0.15) is 19.4 Å². The van der Waals surface area contributed by atoms with Gasteiger partial charge in [-0.3, -0.25) is 9.69 Å². The zero-order valence-electron chi connectivity index (χ0n) is 14.7. The van der Waals surface area contributed by atoms with Crippen molar-refractivity contribution in [3.63, 3.8) is 0 Å². The molecule has 0 radical (unpaired) electrons. The van der Waals surface area contributed by atoms with Crippen molar-refractivity contribution in [3.05, 3.63) is 54.1 Å². The number of hydrogen-bond acceptors (Lipinski definition) is 5. The van der Waals surface area contributed by atoms with Gasteiger partial charge in [0.25, 0.3) is 5.91 Å². The Balaban J connectivity index is 1.75. The van der Waals surface area contributed by atoms with Crippen LogP contribution in [-0.2, 0) is 4.79 Å². The summed E-state index contributed by atoms with van der Waals surface area (Å²) in [5.41, 5.74) is 1.45. The molecule has 6 heteroatoms.